The second-order valence-corrected chi connectivity index (χ2v) is 7.05. The normalized spacial score (nSPS) is 34.0. The van der Waals surface area contributed by atoms with Crippen molar-refractivity contribution in [3.63, 3.8) is 0 Å². The molecule has 3 heteroatoms. The van der Waals surface area contributed by atoms with Gasteiger partial charge in [0.25, 0.3) is 0 Å². The Kier molecular flexibility index (Phi) is 5.65. The van der Waals surface area contributed by atoms with Crippen molar-refractivity contribution in [1.29, 1.82) is 0 Å². The topological polar surface area (TPSA) is 43.7 Å². The Hall–Kier alpha value is -0.380. The summed E-state index contributed by atoms with van der Waals surface area (Å²) in [6, 6.07) is 0.819. The SMILES string of the molecule is CC(/C=C1/CC(C)C2CCCN2C1)CCC(O)C(C)O. The van der Waals surface area contributed by atoms with E-state index in [2.05, 4.69) is 24.8 Å². The summed E-state index contributed by atoms with van der Waals surface area (Å²) in [5.41, 5.74) is 1.58. The molecule has 2 fully saturated rings. The van der Waals surface area contributed by atoms with Crippen LogP contribution in [-0.4, -0.2) is 46.5 Å². The van der Waals surface area contributed by atoms with Gasteiger partial charge in [0, 0.05) is 12.6 Å². The van der Waals surface area contributed by atoms with Crippen LogP contribution in [0.25, 0.3) is 0 Å². The van der Waals surface area contributed by atoms with Crippen molar-refractivity contribution in [3.8, 4) is 0 Å². The zero-order chi connectivity index (χ0) is 14.7. The molecular formula is C17H31NO2. The zero-order valence-corrected chi connectivity index (χ0v) is 13.3. The van der Waals surface area contributed by atoms with E-state index in [9.17, 15) is 10.2 Å². The molecule has 20 heavy (non-hydrogen) atoms. The monoisotopic (exact) mass is 281 g/mol. The summed E-state index contributed by atoms with van der Waals surface area (Å²) >= 11 is 0. The van der Waals surface area contributed by atoms with Gasteiger partial charge in [0.05, 0.1) is 12.2 Å². The van der Waals surface area contributed by atoms with Crippen LogP contribution in [0, 0.1) is 11.8 Å². The number of piperidine rings is 1. The number of hydrogen-bond acceptors (Lipinski definition) is 3. The Balaban J connectivity index is 1.84. The standard InChI is InChI=1S/C17H31NO2/c1-12(6-7-17(20)14(3)19)9-15-10-13(2)16-5-4-8-18(16)11-15/h9,12-14,16-17,19-20H,4-8,10-11H2,1-3H3/b15-9-. The fraction of sp³-hybridized carbons (Fsp3) is 0.882. The molecule has 2 aliphatic heterocycles. The van der Waals surface area contributed by atoms with Crippen molar-refractivity contribution in [2.24, 2.45) is 11.8 Å². The molecule has 5 unspecified atom stereocenters. The van der Waals surface area contributed by atoms with Gasteiger partial charge in [0.2, 0.25) is 0 Å². The summed E-state index contributed by atoms with van der Waals surface area (Å²) in [4.78, 5) is 2.65. The molecule has 0 aromatic rings. The molecule has 2 saturated heterocycles. The predicted octanol–water partition coefficient (Wildman–Crippen LogP) is 2.58. The van der Waals surface area contributed by atoms with Gasteiger partial charge in [0.15, 0.2) is 0 Å². The minimum Gasteiger partial charge on any atom is -0.391 e. The minimum atomic E-state index is -0.616. The first kappa shape index (κ1) is 16.0. The fourth-order valence-corrected chi connectivity index (χ4v) is 3.85. The van der Waals surface area contributed by atoms with Crippen molar-refractivity contribution in [2.75, 3.05) is 13.1 Å². The van der Waals surface area contributed by atoms with Crippen LogP contribution in [0.3, 0.4) is 0 Å². The van der Waals surface area contributed by atoms with Gasteiger partial charge in [-0.1, -0.05) is 25.5 Å². The third-order valence-corrected chi connectivity index (χ3v) is 5.06. The molecule has 2 rings (SSSR count). The second kappa shape index (κ2) is 7.06. The molecule has 5 atom stereocenters. The highest BCUT2D eigenvalue weighted by Gasteiger charge is 2.33. The predicted molar refractivity (Wildman–Crippen MR) is 82.5 cm³/mol. The van der Waals surface area contributed by atoms with Gasteiger partial charge in [-0.05, 0) is 57.4 Å². The fourth-order valence-electron chi connectivity index (χ4n) is 3.85. The number of aliphatic hydroxyl groups excluding tert-OH is 2. The van der Waals surface area contributed by atoms with Crippen LogP contribution < -0.4 is 0 Å². The van der Waals surface area contributed by atoms with Crippen LogP contribution in [0.15, 0.2) is 11.6 Å². The summed E-state index contributed by atoms with van der Waals surface area (Å²) in [6.07, 6.45) is 6.84. The minimum absolute atomic E-state index is 0.491. The van der Waals surface area contributed by atoms with E-state index >= 15 is 0 Å². The molecular weight excluding hydrogens is 250 g/mol. The molecule has 0 aromatic carbocycles. The van der Waals surface area contributed by atoms with E-state index in [4.69, 9.17) is 0 Å². The van der Waals surface area contributed by atoms with Crippen LogP contribution in [0.1, 0.15) is 52.9 Å². The lowest BCUT2D eigenvalue weighted by molar-refractivity contribution is 0.0236. The van der Waals surface area contributed by atoms with Crippen LogP contribution in [0.4, 0.5) is 0 Å². The maximum atomic E-state index is 9.67. The van der Waals surface area contributed by atoms with E-state index < -0.39 is 12.2 Å². The van der Waals surface area contributed by atoms with Gasteiger partial charge in [-0.25, -0.2) is 0 Å². The largest absolute Gasteiger partial charge is 0.391 e. The van der Waals surface area contributed by atoms with Gasteiger partial charge in [-0.2, -0.15) is 0 Å². The first-order chi connectivity index (χ1) is 9.47. The number of nitrogens with zero attached hydrogens (tertiary/aromatic N) is 1. The van der Waals surface area contributed by atoms with E-state index in [0.29, 0.717) is 12.3 Å². The van der Waals surface area contributed by atoms with Gasteiger partial charge >= 0.3 is 0 Å². The summed E-state index contributed by atoms with van der Waals surface area (Å²) in [7, 11) is 0. The lowest BCUT2D eigenvalue weighted by Crippen LogP contribution is -2.40. The first-order valence-electron chi connectivity index (χ1n) is 8.27. The third kappa shape index (κ3) is 4.06. The highest BCUT2D eigenvalue weighted by atomic mass is 16.3. The van der Waals surface area contributed by atoms with Crippen LogP contribution in [0.2, 0.25) is 0 Å². The molecule has 2 heterocycles. The smallest absolute Gasteiger partial charge is 0.0796 e. The number of rotatable bonds is 5. The van der Waals surface area contributed by atoms with Gasteiger partial charge in [-0.15, -0.1) is 0 Å². The zero-order valence-electron chi connectivity index (χ0n) is 13.3. The molecule has 0 saturated carbocycles. The molecule has 0 radical (unpaired) electrons. The molecule has 3 nitrogen and oxygen atoms in total. The first-order valence-corrected chi connectivity index (χ1v) is 8.27. The van der Waals surface area contributed by atoms with Gasteiger partial charge in [0.1, 0.15) is 0 Å². The van der Waals surface area contributed by atoms with Gasteiger partial charge in [-0.3, -0.25) is 4.90 Å². The molecule has 0 aliphatic carbocycles. The van der Waals surface area contributed by atoms with Crippen LogP contribution >= 0.6 is 0 Å². The quantitative estimate of drug-likeness (QED) is 0.761. The Morgan fingerprint density at radius 1 is 1.30 bits per heavy atom. The molecule has 2 aliphatic rings. The highest BCUT2D eigenvalue weighted by Crippen LogP contribution is 2.34. The summed E-state index contributed by atoms with van der Waals surface area (Å²) in [5, 5.41) is 19.0. The maximum Gasteiger partial charge on any atom is 0.0796 e. The van der Waals surface area contributed by atoms with Crippen molar-refractivity contribution in [2.45, 2.75) is 71.1 Å². The third-order valence-electron chi connectivity index (χ3n) is 5.06. The molecule has 116 valence electrons. The van der Waals surface area contributed by atoms with Crippen LogP contribution in [0.5, 0.6) is 0 Å². The van der Waals surface area contributed by atoms with Crippen molar-refractivity contribution in [3.05, 3.63) is 11.6 Å². The van der Waals surface area contributed by atoms with E-state index in [1.807, 2.05) is 0 Å². The van der Waals surface area contributed by atoms with Crippen molar-refractivity contribution < 1.29 is 10.2 Å². The molecule has 0 bridgehead atoms. The number of hydrogen-bond donors (Lipinski definition) is 2. The average molecular weight is 281 g/mol. The Morgan fingerprint density at radius 2 is 2.05 bits per heavy atom. The number of aliphatic hydroxyl groups is 2. The van der Waals surface area contributed by atoms with Gasteiger partial charge < -0.3 is 10.2 Å². The van der Waals surface area contributed by atoms with Crippen LogP contribution in [-0.2, 0) is 0 Å². The second-order valence-electron chi connectivity index (χ2n) is 7.05. The summed E-state index contributed by atoms with van der Waals surface area (Å²) in [5.74, 6) is 1.28. The van der Waals surface area contributed by atoms with E-state index in [-0.39, 0.29) is 0 Å². The Labute approximate surface area is 123 Å². The maximum absolute atomic E-state index is 9.67. The Morgan fingerprint density at radius 3 is 2.75 bits per heavy atom. The molecule has 2 N–H and O–H groups in total. The van der Waals surface area contributed by atoms with E-state index in [1.54, 1.807) is 12.5 Å². The molecule has 0 amide bonds. The number of allylic oxidation sites excluding steroid dienone is 1. The lowest BCUT2D eigenvalue weighted by atomic mass is 9.86. The van der Waals surface area contributed by atoms with E-state index in [1.165, 1.54) is 25.8 Å². The summed E-state index contributed by atoms with van der Waals surface area (Å²) < 4.78 is 0. The van der Waals surface area contributed by atoms with Crippen molar-refractivity contribution in [1.82, 2.24) is 4.90 Å². The van der Waals surface area contributed by atoms with Crippen molar-refractivity contribution >= 4 is 0 Å². The summed E-state index contributed by atoms with van der Waals surface area (Å²) in [6.45, 7) is 8.68. The van der Waals surface area contributed by atoms with E-state index in [0.717, 1.165) is 24.9 Å². The lowest BCUT2D eigenvalue weighted by Gasteiger charge is -2.36. The Bertz CT molecular complexity index is 340. The number of fused-ring (bicyclic) bond motifs is 1. The molecule has 0 aromatic heterocycles. The highest BCUT2D eigenvalue weighted by molar-refractivity contribution is 5.13. The molecule has 0 spiro atoms. The average Bonchev–Trinajstić information content (AvgIpc) is 2.84.